The van der Waals surface area contributed by atoms with Gasteiger partial charge >= 0.3 is 5.97 Å². The number of methoxy groups -OCH3 is 1. The normalized spacial score (nSPS) is 10.1. The minimum Gasteiger partial charge on any atom is -0.464 e. The van der Waals surface area contributed by atoms with Gasteiger partial charge in [-0.3, -0.25) is 0 Å². The molecule has 1 heterocycles. The van der Waals surface area contributed by atoms with Gasteiger partial charge in [0.2, 0.25) is 0 Å². The van der Waals surface area contributed by atoms with Crippen molar-refractivity contribution in [3.63, 3.8) is 0 Å². The number of thiazole rings is 1. The summed E-state index contributed by atoms with van der Waals surface area (Å²) in [6.45, 7) is 0. The van der Waals surface area contributed by atoms with Gasteiger partial charge in [-0.15, -0.1) is 11.3 Å². The number of aromatic nitrogens is 1. The molecular weight excluding hydrogens is 246 g/mol. The summed E-state index contributed by atoms with van der Waals surface area (Å²) in [5.74, 6) is -0.425. The third-order valence-electron chi connectivity index (χ3n) is 2.05. The van der Waals surface area contributed by atoms with Crippen LogP contribution in [0, 0.1) is 0 Å². The van der Waals surface area contributed by atoms with Crippen molar-refractivity contribution in [2.24, 2.45) is 0 Å². The molecule has 0 unspecified atom stereocenters. The van der Waals surface area contributed by atoms with Crippen LogP contribution in [0.5, 0.6) is 0 Å². The molecule has 0 N–H and O–H groups in total. The fourth-order valence-corrected chi connectivity index (χ4v) is 2.20. The molecule has 0 aliphatic rings. The summed E-state index contributed by atoms with van der Waals surface area (Å²) < 4.78 is 4.66. The third-order valence-corrected chi connectivity index (χ3v) is 3.18. The smallest absolute Gasteiger partial charge is 0.358 e. The Bertz CT molecular complexity index is 507. The number of halogens is 1. The van der Waals surface area contributed by atoms with Gasteiger partial charge in [0.1, 0.15) is 0 Å². The first kappa shape index (κ1) is 11.1. The van der Waals surface area contributed by atoms with Crippen LogP contribution in [0.2, 0.25) is 5.02 Å². The van der Waals surface area contributed by atoms with E-state index in [1.165, 1.54) is 18.4 Å². The lowest BCUT2D eigenvalue weighted by molar-refractivity contribution is 0.0596. The lowest BCUT2D eigenvalue weighted by Crippen LogP contribution is -2.02. The monoisotopic (exact) mass is 253 g/mol. The number of hydrogen-bond donors (Lipinski definition) is 0. The van der Waals surface area contributed by atoms with E-state index in [1.807, 2.05) is 12.1 Å². The zero-order chi connectivity index (χ0) is 11.5. The molecule has 1 aromatic heterocycles. The molecule has 0 saturated carbocycles. The van der Waals surface area contributed by atoms with Gasteiger partial charge in [-0.05, 0) is 17.7 Å². The highest BCUT2D eigenvalue weighted by molar-refractivity contribution is 7.13. The predicted molar refractivity (Wildman–Crippen MR) is 63.9 cm³/mol. The van der Waals surface area contributed by atoms with Gasteiger partial charge in [0.15, 0.2) is 5.69 Å². The van der Waals surface area contributed by atoms with E-state index >= 15 is 0 Å². The molecule has 16 heavy (non-hydrogen) atoms. The summed E-state index contributed by atoms with van der Waals surface area (Å²) in [4.78, 5) is 16.2. The van der Waals surface area contributed by atoms with Crippen LogP contribution in [0.1, 0.15) is 10.5 Å². The number of nitrogens with zero attached hydrogens (tertiary/aromatic N) is 1. The van der Waals surface area contributed by atoms with Crippen LogP contribution in [0.4, 0.5) is 0 Å². The van der Waals surface area contributed by atoms with E-state index in [-0.39, 0.29) is 0 Å². The first-order chi connectivity index (χ1) is 7.72. The molecule has 0 aliphatic heterocycles. The van der Waals surface area contributed by atoms with Crippen molar-refractivity contribution in [1.82, 2.24) is 4.98 Å². The lowest BCUT2D eigenvalue weighted by Gasteiger charge is -2.00. The summed E-state index contributed by atoms with van der Waals surface area (Å²) >= 11 is 7.20. The number of hydrogen-bond acceptors (Lipinski definition) is 4. The van der Waals surface area contributed by atoms with Crippen LogP contribution >= 0.6 is 22.9 Å². The number of ether oxygens (including phenoxy) is 1. The highest BCUT2D eigenvalue weighted by atomic mass is 35.5. The van der Waals surface area contributed by atoms with E-state index in [0.717, 1.165) is 10.4 Å². The van der Waals surface area contributed by atoms with Gasteiger partial charge in [-0.25, -0.2) is 9.78 Å². The first-order valence-electron chi connectivity index (χ1n) is 4.50. The standard InChI is InChI=1S/C11H8ClNO2S/c1-15-11(14)9-10(16-6-13-9)7-2-4-8(12)5-3-7/h2-6H,1H3. The summed E-state index contributed by atoms with van der Waals surface area (Å²) in [6.07, 6.45) is 0. The molecule has 0 aliphatic carbocycles. The minimum atomic E-state index is -0.425. The van der Waals surface area contributed by atoms with Crippen LogP contribution in [0.15, 0.2) is 29.8 Å². The molecule has 0 fully saturated rings. The van der Waals surface area contributed by atoms with E-state index in [0.29, 0.717) is 10.7 Å². The molecule has 2 rings (SSSR count). The maximum atomic E-state index is 11.4. The van der Waals surface area contributed by atoms with E-state index in [1.54, 1.807) is 17.6 Å². The van der Waals surface area contributed by atoms with E-state index < -0.39 is 5.97 Å². The van der Waals surface area contributed by atoms with Gasteiger partial charge in [0, 0.05) is 5.02 Å². The maximum Gasteiger partial charge on any atom is 0.358 e. The molecule has 0 bridgehead atoms. The number of rotatable bonds is 2. The van der Waals surface area contributed by atoms with Crippen molar-refractivity contribution in [2.45, 2.75) is 0 Å². The van der Waals surface area contributed by atoms with Crippen molar-refractivity contribution in [1.29, 1.82) is 0 Å². The molecule has 1 aromatic carbocycles. The second-order valence-corrected chi connectivity index (χ2v) is 4.32. The number of carbonyl (C=O) groups excluding carboxylic acids is 1. The van der Waals surface area contributed by atoms with Crippen LogP contribution in [-0.2, 0) is 4.74 Å². The van der Waals surface area contributed by atoms with Gasteiger partial charge in [0.05, 0.1) is 17.5 Å². The van der Waals surface area contributed by atoms with Crippen molar-refractivity contribution in [3.05, 3.63) is 40.5 Å². The van der Waals surface area contributed by atoms with Crippen molar-refractivity contribution >= 4 is 28.9 Å². The van der Waals surface area contributed by atoms with E-state index in [2.05, 4.69) is 9.72 Å². The predicted octanol–water partition coefficient (Wildman–Crippen LogP) is 3.25. The van der Waals surface area contributed by atoms with E-state index in [4.69, 9.17) is 11.6 Å². The van der Waals surface area contributed by atoms with Gasteiger partial charge in [-0.2, -0.15) is 0 Å². The van der Waals surface area contributed by atoms with Gasteiger partial charge in [0.25, 0.3) is 0 Å². The molecule has 0 spiro atoms. The minimum absolute atomic E-state index is 0.342. The molecule has 0 saturated heterocycles. The van der Waals surface area contributed by atoms with Crippen LogP contribution in [-0.4, -0.2) is 18.1 Å². The number of esters is 1. The van der Waals surface area contributed by atoms with Gasteiger partial charge in [-0.1, -0.05) is 23.7 Å². The molecule has 0 radical (unpaired) electrons. The van der Waals surface area contributed by atoms with Crippen molar-refractivity contribution in [3.8, 4) is 10.4 Å². The number of carbonyl (C=O) groups is 1. The Morgan fingerprint density at radius 1 is 1.38 bits per heavy atom. The van der Waals surface area contributed by atoms with Crippen LogP contribution in [0.25, 0.3) is 10.4 Å². The third kappa shape index (κ3) is 2.08. The van der Waals surface area contributed by atoms with Crippen LogP contribution in [0.3, 0.4) is 0 Å². The topological polar surface area (TPSA) is 39.2 Å². The molecule has 3 nitrogen and oxygen atoms in total. The maximum absolute atomic E-state index is 11.4. The summed E-state index contributed by atoms with van der Waals surface area (Å²) in [6, 6.07) is 7.25. The SMILES string of the molecule is COC(=O)c1ncsc1-c1ccc(Cl)cc1. The van der Waals surface area contributed by atoms with Crippen molar-refractivity contribution in [2.75, 3.05) is 7.11 Å². The van der Waals surface area contributed by atoms with E-state index in [9.17, 15) is 4.79 Å². The molecular formula is C11H8ClNO2S. The zero-order valence-corrected chi connectivity index (χ0v) is 10.0. The zero-order valence-electron chi connectivity index (χ0n) is 8.44. The Balaban J connectivity index is 2.44. The second-order valence-electron chi connectivity index (χ2n) is 3.03. The Morgan fingerprint density at radius 3 is 2.69 bits per heavy atom. The summed E-state index contributed by atoms with van der Waals surface area (Å²) in [5.41, 5.74) is 2.87. The lowest BCUT2D eigenvalue weighted by atomic mass is 10.1. The average molecular weight is 254 g/mol. The highest BCUT2D eigenvalue weighted by Gasteiger charge is 2.16. The van der Waals surface area contributed by atoms with Crippen LogP contribution < -0.4 is 0 Å². The molecule has 82 valence electrons. The van der Waals surface area contributed by atoms with Gasteiger partial charge < -0.3 is 4.74 Å². The Morgan fingerprint density at radius 2 is 2.06 bits per heavy atom. The quantitative estimate of drug-likeness (QED) is 0.772. The molecule has 2 aromatic rings. The fourth-order valence-electron chi connectivity index (χ4n) is 1.29. The fraction of sp³-hybridized carbons (Fsp3) is 0.0909. The Hall–Kier alpha value is -1.39. The summed E-state index contributed by atoms with van der Waals surface area (Å²) in [7, 11) is 1.34. The molecule has 0 atom stereocenters. The largest absolute Gasteiger partial charge is 0.464 e. The first-order valence-corrected chi connectivity index (χ1v) is 5.76. The molecule has 0 amide bonds. The Labute approximate surface area is 102 Å². The summed E-state index contributed by atoms with van der Waals surface area (Å²) in [5, 5.41) is 0.660. The molecule has 5 heteroatoms. The Kier molecular flexibility index (Phi) is 3.22. The average Bonchev–Trinajstić information content (AvgIpc) is 2.78. The second kappa shape index (κ2) is 4.63. The number of benzene rings is 1. The van der Waals surface area contributed by atoms with Crippen molar-refractivity contribution < 1.29 is 9.53 Å². The highest BCUT2D eigenvalue weighted by Crippen LogP contribution is 2.28.